The molecule has 0 saturated heterocycles. The van der Waals surface area contributed by atoms with Crippen LogP contribution in [0.15, 0.2) is 0 Å². The third-order valence-corrected chi connectivity index (χ3v) is 0.436. The van der Waals surface area contributed by atoms with Crippen molar-refractivity contribution in [3.05, 3.63) is 20.2 Å². The van der Waals surface area contributed by atoms with Gasteiger partial charge in [0.25, 0.3) is 5.09 Å². The molecule has 0 unspecified atom stereocenters. The first kappa shape index (κ1) is 12.1. The standard InChI is InChI=1S/C2H6N2O2.CH3NO3/c1-2-3-4(5)6;1-5-2(3)4/h3H,2H2,1H3;1H3. The van der Waals surface area contributed by atoms with E-state index in [1.165, 1.54) is 0 Å². The van der Waals surface area contributed by atoms with Gasteiger partial charge in [0, 0.05) is 0 Å². The summed E-state index contributed by atoms with van der Waals surface area (Å²) in [4.78, 5) is 21.7. The molecule has 0 rings (SSSR count). The van der Waals surface area contributed by atoms with Crippen molar-refractivity contribution in [3.63, 3.8) is 0 Å². The molecule has 0 aromatic rings. The minimum absolute atomic E-state index is 0.382. The van der Waals surface area contributed by atoms with E-state index in [2.05, 4.69) is 4.84 Å². The lowest BCUT2D eigenvalue weighted by Gasteiger charge is -1.83. The molecule has 1 N–H and O–H groups in total. The fraction of sp³-hybridized carbons (Fsp3) is 1.00. The van der Waals surface area contributed by atoms with E-state index in [0.29, 0.717) is 6.54 Å². The van der Waals surface area contributed by atoms with Gasteiger partial charge in [0.05, 0.1) is 13.7 Å². The lowest BCUT2D eigenvalue weighted by Crippen LogP contribution is -2.19. The van der Waals surface area contributed by atoms with Crippen LogP contribution in [0.1, 0.15) is 6.92 Å². The maximum Gasteiger partial charge on any atom is 0.294 e. The number of nitrogens with one attached hydrogen (secondary N) is 1. The maximum absolute atomic E-state index is 9.29. The molecule has 0 aromatic carbocycles. The van der Waals surface area contributed by atoms with E-state index in [1.807, 2.05) is 5.43 Å². The normalized spacial score (nSPS) is 7.09. The van der Waals surface area contributed by atoms with Crippen molar-refractivity contribution >= 4 is 0 Å². The molecular formula is C3H9N3O5. The Kier molecular flexibility index (Phi) is 9.25. The molecule has 0 fully saturated rings. The molecule has 0 aliphatic heterocycles. The highest BCUT2D eigenvalue weighted by Gasteiger charge is 1.81. The Morgan fingerprint density at radius 1 is 1.45 bits per heavy atom. The first-order valence-electron chi connectivity index (χ1n) is 2.61. The first-order valence-corrected chi connectivity index (χ1v) is 2.61. The van der Waals surface area contributed by atoms with Gasteiger partial charge in [-0.15, -0.1) is 15.5 Å². The van der Waals surface area contributed by atoms with Crippen molar-refractivity contribution in [2.75, 3.05) is 13.7 Å². The summed E-state index contributed by atoms with van der Waals surface area (Å²) in [7, 11) is 1.00. The SMILES string of the molecule is CCN[N+](=O)[O-].CO[N+](=O)[O-]. The lowest BCUT2D eigenvalue weighted by atomic mass is 10.8. The molecule has 0 radical (unpaired) electrons. The third kappa shape index (κ3) is 29.8. The van der Waals surface area contributed by atoms with Gasteiger partial charge in [-0.3, -0.25) is 0 Å². The largest absolute Gasteiger partial charge is 0.317 e. The molecule has 66 valence electrons. The second-order valence-electron chi connectivity index (χ2n) is 1.17. The number of rotatable bonds is 3. The van der Waals surface area contributed by atoms with Crippen LogP contribution < -0.4 is 5.43 Å². The lowest BCUT2D eigenvalue weighted by molar-refractivity contribution is -0.749. The summed E-state index contributed by atoms with van der Waals surface area (Å²) < 4.78 is 0. The molecule has 0 saturated carbocycles. The van der Waals surface area contributed by atoms with Crippen LogP contribution in [0.25, 0.3) is 0 Å². The molecule has 0 amide bonds. The zero-order valence-electron chi connectivity index (χ0n) is 6.14. The first-order chi connectivity index (χ1) is 5.04. The van der Waals surface area contributed by atoms with Crippen molar-refractivity contribution in [1.82, 2.24) is 5.43 Å². The molecule has 11 heavy (non-hydrogen) atoms. The number of nitrogens with zero attached hydrogens (tertiary/aromatic N) is 2. The Balaban J connectivity index is 0. The smallest absolute Gasteiger partial charge is 0.294 e. The van der Waals surface area contributed by atoms with Crippen molar-refractivity contribution < 1.29 is 15.0 Å². The quantitative estimate of drug-likeness (QED) is 0.453. The van der Waals surface area contributed by atoms with E-state index in [-0.39, 0.29) is 0 Å². The predicted molar refractivity (Wildman–Crippen MR) is 34.7 cm³/mol. The van der Waals surface area contributed by atoms with Gasteiger partial charge in [0.1, 0.15) is 0 Å². The van der Waals surface area contributed by atoms with Crippen molar-refractivity contribution in [2.24, 2.45) is 0 Å². The molecule has 0 atom stereocenters. The van der Waals surface area contributed by atoms with Crippen molar-refractivity contribution in [1.29, 1.82) is 0 Å². The summed E-state index contributed by atoms with van der Waals surface area (Å²) in [6.45, 7) is 2.05. The average Bonchev–Trinajstić information content (AvgIpc) is 1.89. The average molecular weight is 167 g/mol. The van der Waals surface area contributed by atoms with E-state index in [1.54, 1.807) is 6.92 Å². The monoisotopic (exact) mass is 167 g/mol. The minimum Gasteiger partial charge on any atom is -0.317 e. The number of hydrogen-bond acceptors (Lipinski definition) is 5. The second-order valence-corrected chi connectivity index (χ2v) is 1.17. The fourth-order valence-corrected chi connectivity index (χ4v) is 0.129. The zero-order valence-corrected chi connectivity index (χ0v) is 6.14. The molecule has 0 spiro atoms. The second kappa shape index (κ2) is 8.40. The number of hydrazine groups is 1. The number of nitro groups is 1. The highest BCUT2D eigenvalue weighted by Crippen LogP contribution is 1.57. The van der Waals surface area contributed by atoms with Crippen LogP contribution in [0, 0.1) is 20.2 Å². The summed E-state index contributed by atoms with van der Waals surface area (Å²) in [5.74, 6) is 0. The van der Waals surface area contributed by atoms with Gasteiger partial charge in [-0.25, -0.2) is 10.1 Å². The van der Waals surface area contributed by atoms with E-state index in [9.17, 15) is 10.1 Å². The fourth-order valence-electron chi connectivity index (χ4n) is 0.129. The van der Waals surface area contributed by atoms with Gasteiger partial charge in [-0.2, -0.15) is 0 Å². The highest BCUT2D eigenvalue weighted by atomic mass is 16.9. The highest BCUT2D eigenvalue weighted by molar-refractivity contribution is 4.11. The molecule has 0 bridgehead atoms. The van der Waals surface area contributed by atoms with Crippen LogP contribution in [-0.2, 0) is 4.84 Å². The van der Waals surface area contributed by atoms with Gasteiger partial charge >= 0.3 is 0 Å². The molecule has 0 aromatic heterocycles. The summed E-state index contributed by atoms with van der Waals surface area (Å²) in [6.07, 6.45) is 0. The Labute approximate surface area is 62.4 Å². The summed E-state index contributed by atoms with van der Waals surface area (Å²) in [5, 5.41) is 16.8. The molecule has 8 heteroatoms. The van der Waals surface area contributed by atoms with Crippen molar-refractivity contribution in [3.8, 4) is 0 Å². The summed E-state index contributed by atoms with van der Waals surface area (Å²) >= 11 is 0. The Bertz CT molecular complexity index is 126. The van der Waals surface area contributed by atoms with Gasteiger partial charge in [0.2, 0.25) is 0 Å². The van der Waals surface area contributed by atoms with Gasteiger partial charge in [-0.05, 0) is 6.92 Å². The zero-order chi connectivity index (χ0) is 9.28. The molecule has 8 nitrogen and oxygen atoms in total. The van der Waals surface area contributed by atoms with E-state index < -0.39 is 10.1 Å². The van der Waals surface area contributed by atoms with Gasteiger partial charge in [0.15, 0.2) is 5.03 Å². The Morgan fingerprint density at radius 2 is 1.82 bits per heavy atom. The van der Waals surface area contributed by atoms with Crippen LogP contribution in [0.3, 0.4) is 0 Å². The van der Waals surface area contributed by atoms with Gasteiger partial charge in [-0.1, -0.05) is 0 Å². The molecule has 0 heterocycles. The Hall–Kier alpha value is -1.60. The van der Waals surface area contributed by atoms with E-state index in [0.717, 1.165) is 7.11 Å². The summed E-state index contributed by atoms with van der Waals surface area (Å²) in [6, 6.07) is 0. The summed E-state index contributed by atoms with van der Waals surface area (Å²) in [5.41, 5.74) is 1.93. The Morgan fingerprint density at radius 3 is 1.82 bits per heavy atom. The molecule has 0 aliphatic carbocycles. The van der Waals surface area contributed by atoms with Crippen molar-refractivity contribution in [2.45, 2.75) is 6.92 Å². The number of hydrogen-bond donors (Lipinski definition) is 1. The van der Waals surface area contributed by atoms with E-state index >= 15 is 0 Å². The minimum atomic E-state index is -0.875. The predicted octanol–water partition coefficient (Wildman–Crippen LogP) is -0.388. The van der Waals surface area contributed by atoms with E-state index in [4.69, 9.17) is 10.1 Å². The van der Waals surface area contributed by atoms with Crippen LogP contribution in [0.2, 0.25) is 0 Å². The van der Waals surface area contributed by atoms with Crippen LogP contribution in [0.5, 0.6) is 0 Å². The maximum atomic E-state index is 9.29. The van der Waals surface area contributed by atoms with Crippen LogP contribution in [-0.4, -0.2) is 23.8 Å². The van der Waals surface area contributed by atoms with Gasteiger partial charge < -0.3 is 4.84 Å². The van der Waals surface area contributed by atoms with Crippen LogP contribution in [0.4, 0.5) is 0 Å². The third-order valence-electron chi connectivity index (χ3n) is 0.436. The molecule has 0 aliphatic rings. The topological polar surface area (TPSA) is 108 Å². The molecular weight excluding hydrogens is 158 g/mol. The van der Waals surface area contributed by atoms with Crippen LogP contribution >= 0.6 is 0 Å².